The van der Waals surface area contributed by atoms with Crippen molar-refractivity contribution in [2.75, 3.05) is 6.26 Å². The molecule has 0 saturated heterocycles. The topological polar surface area (TPSA) is 72.5 Å². The Morgan fingerprint density at radius 1 is 1.12 bits per heavy atom. The lowest BCUT2D eigenvalue weighted by molar-refractivity contribution is -0.129. The van der Waals surface area contributed by atoms with Crippen LogP contribution in [0.15, 0.2) is 53.4 Å². The second kappa shape index (κ2) is 8.58. The fourth-order valence-electron chi connectivity index (χ4n) is 2.20. The Labute approximate surface area is 149 Å². The zero-order valence-corrected chi connectivity index (χ0v) is 15.3. The summed E-state index contributed by atoms with van der Waals surface area (Å²) in [6.45, 7) is 3.86. The number of carbonyl (C=O) groups excluding carboxylic acids is 2. The molecule has 0 fully saturated rings. The number of amides is 1. The summed E-state index contributed by atoms with van der Waals surface area (Å²) in [5.74, 6) is -1.05. The van der Waals surface area contributed by atoms with Gasteiger partial charge >= 0.3 is 5.97 Å². The Morgan fingerprint density at radius 3 is 2.40 bits per heavy atom. The number of benzene rings is 2. The van der Waals surface area contributed by atoms with Crippen molar-refractivity contribution in [1.82, 2.24) is 5.32 Å². The molecule has 2 aromatic rings. The van der Waals surface area contributed by atoms with Crippen molar-refractivity contribution < 1.29 is 18.5 Å². The minimum atomic E-state index is -1.32. The number of carbonyl (C=O) groups is 2. The monoisotopic (exact) mass is 359 g/mol. The fraction of sp³-hybridized carbons (Fsp3) is 0.263. The van der Waals surface area contributed by atoms with Gasteiger partial charge in [-0.25, -0.2) is 4.79 Å². The molecule has 2 rings (SSSR count). The van der Waals surface area contributed by atoms with Crippen LogP contribution in [0.3, 0.4) is 0 Å². The van der Waals surface area contributed by atoms with Crippen LogP contribution in [0.1, 0.15) is 28.4 Å². The summed E-state index contributed by atoms with van der Waals surface area (Å²) in [5, 5.41) is 2.74. The molecule has 0 saturated carbocycles. The molecule has 6 heteroatoms. The third-order valence-electron chi connectivity index (χ3n) is 3.66. The van der Waals surface area contributed by atoms with Crippen LogP contribution in [0.4, 0.5) is 0 Å². The SMILES string of the molecule is Cc1ccc(CNC(=O)[C@H](C)OC(=O)c2ccccc2[S@@](C)=O)cc1. The summed E-state index contributed by atoms with van der Waals surface area (Å²) in [6.07, 6.45) is 0.542. The van der Waals surface area contributed by atoms with Crippen LogP contribution in [0.5, 0.6) is 0 Å². The van der Waals surface area contributed by atoms with Crippen molar-refractivity contribution in [1.29, 1.82) is 0 Å². The van der Waals surface area contributed by atoms with E-state index in [9.17, 15) is 13.8 Å². The summed E-state index contributed by atoms with van der Waals surface area (Å²) < 4.78 is 16.9. The van der Waals surface area contributed by atoms with Gasteiger partial charge in [0.25, 0.3) is 5.91 Å². The molecule has 0 unspecified atom stereocenters. The van der Waals surface area contributed by atoms with E-state index in [1.807, 2.05) is 31.2 Å². The molecule has 2 aromatic carbocycles. The van der Waals surface area contributed by atoms with Crippen molar-refractivity contribution in [3.05, 3.63) is 65.2 Å². The number of aryl methyl sites for hydroxylation is 1. The van der Waals surface area contributed by atoms with E-state index in [1.165, 1.54) is 19.2 Å². The highest BCUT2D eigenvalue weighted by Gasteiger charge is 2.21. The first kappa shape index (κ1) is 18.9. The molecule has 2 atom stereocenters. The minimum absolute atomic E-state index is 0.210. The average Bonchev–Trinajstić information content (AvgIpc) is 2.60. The molecule has 132 valence electrons. The minimum Gasteiger partial charge on any atom is -0.449 e. The van der Waals surface area contributed by atoms with E-state index in [0.717, 1.165) is 11.1 Å². The normalized spacial score (nSPS) is 12.9. The molecule has 25 heavy (non-hydrogen) atoms. The molecule has 0 heterocycles. The molecule has 0 radical (unpaired) electrons. The first-order chi connectivity index (χ1) is 11.9. The second-order valence-electron chi connectivity index (χ2n) is 5.70. The Kier molecular flexibility index (Phi) is 6.47. The third-order valence-corrected chi connectivity index (χ3v) is 4.63. The highest BCUT2D eigenvalue weighted by Crippen LogP contribution is 2.14. The van der Waals surface area contributed by atoms with Crippen LogP contribution < -0.4 is 5.32 Å². The molecule has 0 aliphatic rings. The van der Waals surface area contributed by atoms with Gasteiger partial charge in [0, 0.05) is 12.8 Å². The molecule has 1 N–H and O–H groups in total. The predicted octanol–water partition coefficient (Wildman–Crippen LogP) is 2.59. The summed E-state index contributed by atoms with van der Waals surface area (Å²) in [7, 11) is -1.32. The maximum atomic E-state index is 12.3. The van der Waals surface area contributed by atoms with Gasteiger partial charge in [-0.15, -0.1) is 0 Å². The van der Waals surface area contributed by atoms with E-state index in [0.29, 0.717) is 11.4 Å². The van der Waals surface area contributed by atoms with Crippen LogP contribution in [0.25, 0.3) is 0 Å². The van der Waals surface area contributed by atoms with Gasteiger partial charge in [-0.1, -0.05) is 42.0 Å². The van der Waals surface area contributed by atoms with E-state index >= 15 is 0 Å². The molecule has 0 aromatic heterocycles. The van der Waals surface area contributed by atoms with Crippen molar-refractivity contribution in [3.63, 3.8) is 0 Å². The van der Waals surface area contributed by atoms with Crippen molar-refractivity contribution in [2.45, 2.75) is 31.4 Å². The van der Waals surface area contributed by atoms with Gasteiger partial charge in [0.2, 0.25) is 0 Å². The van der Waals surface area contributed by atoms with E-state index < -0.39 is 22.9 Å². The Bertz CT molecular complexity index is 786. The van der Waals surface area contributed by atoms with Crippen LogP contribution >= 0.6 is 0 Å². The first-order valence-electron chi connectivity index (χ1n) is 7.85. The van der Waals surface area contributed by atoms with Crippen LogP contribution in [0.2, 0.25) is 0 Å². The molecule has 0 bridgehead atoms. The Balaban J connectivity index is 1.95. The zero-order valence-electron chi connectivity index (χ0n) is 14.4. The van der Waals surface area contributed by atoms with Crippen molar-refractivity contribution in [2.24, 2.45) is 0 Å². The zero-order chi connectivity index (χ0) is 18.4. The molecular formula is C19H21NO4S. The van der Waals surface area contributed by atoms with E-state index in [1.54, 1.807) is 18.2 Å². The number of hydrogen-bond donors (Lipinski definition) is 1. The number of esters is 1. The van der Waals surface area contributed by atoms with Crippen molar-refractivity contribution in [3.8, 4) is 0 Å². The number of hydrogen-bond acceptors (Lipinski definition) is 4. The lowest BCUT2D eigenvalue weighted by atomic mass is 10.1. The van der Waals surface area contributed by atoms with Crippen molar-refractivity contribution >= 4 is 22.7 Å². The lowest BCUT2D eigenvalue weighted by Gasteiger charge is -2.14. The van der Waals surface area contributed by atoms with Crippen LogP contribution in [-0.4, -0.2) is 28.4 Å². The Morgan fingerprint density at radius 2 is 1.76 bits per heavy atom. The molecule has 0 aliphatic carbocycles. The summed E-state index contributed by atoms with van der Waals surface area (Å²) in [6, 6.07) is 14.3. The van der Waals surface area contributed by atoms with Gasteiger partial charge in [-0.2, -0.15) is 0 Å². The standard InChI is InChI=1S/C19H21NO4S/c1-13-8-10-15(11-9-13)12-20-18(21)14(2)24-19(22)16-6-4-5-7-17(16)25(3)23/h4-11,14H,12H2,1-3H3,(H,20,21)/t14-,25+/m0/s1. The highest BCUT2D eigenvalue weighted by molar-refractivity contribution is 7.84. The number of ether oxygens (including phenoxy) is 1. The van der Waals surface area contributed by atoms with Gasteiger partial charge in [0.15, 0.2) is 6.10 Å². The van der Waals surface area contributed by atoms with Crippen LogP contribution in [-0.2, 0) is 26.9 Å². The van der Waals surface area contributed by atoms with Gasteiger partial charge < -0.3 is 10.1 Å². The molecule has 0 aliphatic heterocycles. The van der Waals surface area contributed by atoms with Gasteiger partial charge in [0.1, 0.15) is 0 Å². The average molecular weight is 359 g/mol. The van der Waals surface area contributed by atoms with Gasteiger partial charge in [-0.05, 0) is 31.5 Å². The number of nitrogens with one attached hydrogen (secondary N) is 1. The van der Waals surface area contributed by atoms with E-state index in [-0.39, 0.29) is 11.5 Å². The Hall–Kier alpha value is -2.47. The van der Waals surface area contributed by atoms with E-state index in [2.05, 4.69) is 5.32 Å². The van der Waals surface area contributed by atoms with E-state index in [4.69, 9.17) is 4.74 Å². The first-order valence-corrected chi connectivity index (χ1v) is 9.41. The third kappa shape index (κ3) is 5.26. The van der Waals surface area contributed by atoms with Crippen LogP contribution in [0, 0.1) is 6.92 Å². The maximum Gasteiger partial charge on any atom is 0.340 e. The number of rotatable bonds is 6. The maximum absolute atomic E-state index is 12.3. The molecule has 1 amide bonds. The van der Waals surface area contributed by atoms with Gasteiger partial charge in [-0.3, -0.25) is 9.00 Å². The molecule has 5 nitrogen and oxygen atoms in total. The summed E-state index contributed by atoms with van der Waals surface area (Å²) in [5.41, 5.74) is 2.31. The molecular weight excluding hydrogens is 338 g/mol. The summed E-state index contributed by atoms with van der Waals surface area (Å²) in [4.78, 5) is 24.8. The molecule has 0 spiro atoms. The second-order valence-corrected chi connectivity index (χ2v) is 7.05. The largest absolute Gasteiger partial charge is 0.449 e. The van der Waals surface area contributed by atoms with Gasteiger partial charge in [0.05, 0.1) is 21.3 Å². The highest BCUT2D eigenvalue weighted by atomic mass is 32.2. The quantitative estimate of drug-likeness (QED) is 0.805. The smallest absolute Gasteiger partial charge is 0.340 e. The predicted molar refractivity (Wildman–Crippen MR) is 96.7 cm³/mol. The lowest BCUT2D eigenvalue weighted by Crippen LogP contribution is -2.35. The summed E-state index contributed by atoms with van der Waals surface area (Å²) >= 11 is 0. The fourth-order valence-corrected chi connectivity index (χ4v) is 2.93.